The van der Waals surface area contributed by atoms with E-state index in [0.717, 1.165) is 55.0 Å². The summed E-state index contributed by atoms with van der Waals surface area (Å²) in [6.45, 7) is 5.34. The molecular formula is C25H26N6O3. The molecule has 0 amide bonds. The van der Waals surface area contributed by atoms with E-state index in [1.807, 2.05) is 18.2 Å². The van der Waals surface area contributed by atoms with Crippen LogP contribution in [0, 0.1) is 6.92 Å². The molecule has 1 saturated heterocycles. The minimum absolute atomic E-state index is 0.406. The van der Waals surface area contributed by atoms with E-state index in [0.29, 0.717) is 23.1 Å². The zero-order valence-corrected chi connectivity index (χ0v) is 19.1. The van der Waals surface area contributed by atoms with E-state index < -0.39 is 6.04 Å². The van der Waals surface area contributed by atoms with Crippen LogP contribution in [0.5, 0.6) is 5.88 Å². The largest absolute Gasteiger partial charge is 0.480 e. The number of ether oxygens (including phenoxy) is 2. The molecule has 5 rings (SSSR count). The lowest BCUT2D eigenvalue weighted by Gasteiger charge is -2.30. The number of pyridine rings is 1. The number of hydrogen-bond donors (Lipinski definition) is 2. The van der Waals surface area contributed by atoms with Crippen molar-refractivity contribution in [3.63, 3.8) is 0 Å². The van der Waals surface area contributed by atoms with Crippen LogP contribution in [-0.4, -0.2) is 54.7 Å². The molecule has 1 unspecified atom stereocenters. The Morgan fingerprint density at radius 2 is 2.03 bits per heavy atom. The molecule has 2 aromatic heterocycles. The summed E-state index contributed by atoms with van der Waals surface area (Å²) in [6, 6.07) is 7.64. The average Bonchev–Trinajstić information content (AvgIpc) is 2.88. The Hall–Kier alpha value is -3.98. The van der Waals surface area contributed by atoms with Crippen LogP contribution in [0.1, 0.15) is 22.7 Å². The third-order valence-electron chi connectivity index (χ3n) is 5.97. The van der Waals surface area contributed by atoms with Crippen LogP contribution in [0.3, 0.4) is 0 Å². The van der Waals surface area contributed by atoms with Gasteiger partial charge < -0.3 is 29.8 Å². The van der Waals surface area contributed by atoms with Crippen molar-refractivity contribution in [3.8, 4) is 17.3 Å². The van der Waals surface area contributed by atoms with E-state index in [2.05, 4.69) is 44.6 Å². The van der Waals surface area contributed by atoms with Gasteiger partial charge in [-0.25, -0.2) is 9.97 Å². The molecular weight excluding hydrogens is 432 g/mol. The predicted octanol–water partition coefficient (Wildman–Crippen LogP) is 3.25. The van der Waals surface area contributed by atoms with Gasteiger partial charge in [0.1, 0.15) is 23.8 Å². The van der Waals surface area contributed by atoms with Gasteiger partial charge in [0.2, 0.25) is 5.88 Å². The first kappa shape index (κ1) is 21.8. The van der Waals surface area contributed by atoms with Crippen LogP contribution in [0.4, 0.5) is 17.2 Å². The predicted molar refractivity (Wildman–Crippen MR) is 130 cm³/mol. The Morgan fingerprint density at radius 1 is 1.18 bits per heavy atom. The number of carbonyl (C=O) groups is 1. The number of rotatable bonds is 6. The van der Waals surface area contributed by atoms with Crippen LogP contribution in [0.25, 0.3) is 17.5 Å². The highest BCUT2D eigenvalue weighted by molar-refractivity contribution is 5.80. The highest BCUT2D eigenvalue weighted by Crippen LogP contribution is 2.34. The molecule has 2 aliphatic rings. The molecule has 9 heteroatoms. The number of aryl methyl sites for hydroxylation is 1. The smallest absolute Gasteiger partial charge is 0.232 e. The Kier molecular flexibility index (Phi) is 6.09. The number of methoxy groups -OCH3 is 1. The van der Waals surface area contributed by atoms with Crippen molar-refractivity contribution in [2.24, 2.45) is 0 Å². The summed E-state index contributed by atoms with van der Waals surface area (Å²) in [5.74, 6) is 0.994. The lowest BCUT2D eigenvalue weighted by atomic mass is 9.97. The van der Waals surface area contributed by atoms with Crippen molar-refractivity contribution >= 4 is 29.6 Å². The molecule has 9 nitrogen and oxygen atoms in total. The highest BCUT2D eigenvalue weighted by atomic mass is 16.5. The maximum atomic E-state index is 11.8. The number of benzene rings is 1. The van der Waals surface area contributed by atoms with E-state index in [9.17, 15) is 4.79 Å². The van der Waals surface area contributed by atoms with E-state index in [4.69, 9.17) is 14.5 Å². The zero-order chi connectivity index (χ0) is 23.5. The van der Waals surface area contributed by atoms with Gasteiger partial charge in [0.25, 0.3) is 0 Å². The first-order chi connectivity index (χ1) is 16.7. The van der Waals surface area contributed by atoms with Crippen LogP contribution in [0.2, 0.25) is 0 Å². The van der Waals surface area contributed by atoms with Gasteiger partial charge in [0.05, 0.1) is 38.4 Å². The molecule has 34 heavy (non-hydrogen) atoms. The normalized spacial score (nSPS) is 17.0. The number of carbonyl (C=O) groups excluding carboxylic acids is 1. The van der Waals surface area contributed by atoms with Crippen molar-refractivity contribution in [1.82, 2.24) is 20.3 Å². The summed E-state index contributed by atoms with van der Waals surface area (Å²) in [5.41, 5.74) is 6.11. The fraction of sp³-hybridized carbons (Fsp3) is 0.280. The third-order valence-corrected chi connectivity index (χ3v) is 5.97. The van der Waals surface area contributed by atoms with Gasteiger partial charge in [-0.3, -0.25) is 4.98 Å². The Labute approximate surface area is 197 Å². The number of aromatic nitrogens is 3. The van der Waals surface area contributed by atoms with Gasteiger partial charge >= 0.3 is 0 Å². The SMILES string of the molecule is COc1cncc(-c2cc3c(c(Nc4ccc(N5CCOCC5)c(C)c4)n2)C(C=O)NC=C3)n1. The summed E-state index contributed by atoms with van der Waals surface area (Å²) in [5, 5.41) is 6.54. The molecule has 3 aromatic rings. The summed E-state index contributed by atoms with van der Waals surface area (Å²) in [4.78, 5) is 27.7. The van der Waals surface area contributed by atoms with Gasteiger partial charge in [-0.15, -0.1) is 0 Å². The second-order valence-corrected chi connectivity index (χ2v) is 8.15. The van der Waals surface area contributed by atoms with Crippen LogP contribution < -0.4 is 20.3 Å². The third kappa shape index (κ3) is 4.29. The number of morpholine rings is 1. The molecule has 0 saturated carbocycles. The second kappa shape index (κ2) is 9.48. The molecule has 1 aromatic carbocycles. The molecule has 0 radical (unpaired) electrons. The highest BCUT2D eigenvalue weighted by Gasteiger charge is 2.23. The van der Waals surface area contributed by atoms with Crippen molar-refractivity contribution in [1.29, 1.82) is 0 Å². The van der Waals surface area contributed by atoms with Gasteiger partial charge in [-0.1, -0.05) is 0 Å². The fourth-order valence-corrected chi connectivity index (χ4v) is 4.30. The Balaban J connectivity index is 1.54. The minimum Gasteiger partial charge on any atom is -0.480 e. The standard InChI is InChI=1S/C25H26N6O3/c1-16-11-18(3-4-22(16)31-7-9-34-10-8-31)28-25-24-17(5-6-27-21(24)15-32)12-19(30-25)20-13-26-14-23(29-20)33-2/h3-6,11-15,21,27H,7-10H2,1-2H3,(H,28,30). The summed E-state index contributed by atoms with van der Waals surface area (Å²) >= 11 is 0. The number of hydrogen-bond acceptors (Lipinski definition) is 9. The maximum absolute atomic E-state index is 11.8. The minimum atomic E-state index is -0.505. The van der Waals surface area contributed by atoms with E-state index in [-0.39, 0.29) is 0 Å². The lowest BCUT2D eigenvalue weighted by molar-refractivity contribution is -0.109. The van der Waals surface area contributed by atoms with Gasteiger partial charge in [-0.05, 0) is 54.6 Å². The van der Waals surface area contributed by atoms with Crippen molar-refractivity contribution in [2.75, 3.05) is 43.6 Å². The first-order valence-corrected chi connectivity index (χ1v) is 11.2. The Bertz CT molecular complexity index is 1240. The number of nitrogens with zero attached hydrogens (tertiary/aromatic N) is 4. The number of aldehydes is 1. The molecule has 0 aliphatic carbocycles. The van der Waals surface area contributed by atoms with Crippen LogP contribution in [-0.2, 0) is 9.53 Å². The van der Waals surface area contributed by atoms with Crippen molar-refractivity contribution < 1.29 is 14.3 Å². The van der Waals surface area contributed by atoms with E-state index in [1.165, 1.54) is 5.69 Å². The first-order valence-electron chi connectivity index (χ1n) is 11.2. The quantitative estimate of drug-likeness (QED) is 0.539. The zero-order valence-electron chi connectivity index (χ0n) is 19.1. The molecule has 1 atom stereocenters. The number of fused-ring (bicyclic) bond motifs is 1. The topological polar surface area (TPSA) is 102 Å². The molecule has 0 spiro atoms. The molecule has 174 valence electrons. The van der Waals surface area contributed by atoms with Crippen LogP contribution >= 0.6 is 0 Å². The van der Waals surface area contributed by atoms with Gasteiger partial charge in [-0.2, -0.15) is 0 Å². The van der Waals surface area contributed by atoms with E-state index >= 15 is 0 Å². The number of nitrogens with one attached hydrogen (secondary N) is 2. The fourth-order valence-electron chi connectivity index (χ4n) is 4.30. The molecule has 0 bridgehead atoms. The summed E-state index contributed by atoms with van der Waals surface area (Å²) in [7, 11) is 1.55. The average molecular weight is 459 g/mol. The van der Waals surface area contributed by atoms with Crippen LogP contribution in [0.15, 0.2) is 42.9 Å². The Morgan fingerprint density at radius 3 is 2.79 bits per heavy atom. The van der Waals surface area contributed by atoms with Crippen molar-refractivity contribution in [3.05, 3.63) is 59.5 Å². The summed E-state index contributed by atoms with van der Waals surface area (Å²) < 4.78 is 10.7. The molecule has 1 fully saturated rings. The van der Waals surface area contributed by atoms with Gasteiger partial charge in [0, 0.05) is 30.0 Å². The second-order valence-electron chi connectivity index (χ2n) is 8.15. The molecule has 2 aliphatic heterocycles. The summed E-state index contributed by atoms with van der Waals surface area (Å²) in [6.07, 6.45) is 7.77. The maximum Gasteiger partial charge on any atom is 0.232 e. The molecule has 4 heterocycles. The molecule has 2 N–H and O–H groups in total. The van der Waals surface area contributed by atoms with Crippen molar-refractivity contribution in [2.45, 2.75) is 13.0 Å². The van der Waals surface area contributed by atoms with E-state index in [1.54, 1.807) is 25.7 Å². The monoisotopic (exact) mass is 458 g/mol. The number of anilines is 3. The lowest BCUT2D eigenvalue weighted by Crippen LogP contribution is -2.36. The van der Waals surface area contributed by atoms with Gasteiger partial charge in [0.15, 0.2) is 0 Å².